The molecule has 0 bridgehead atoms. The van der Waals surface area contributed by atoms with Gasteiger partial charge in [0.15, 0.2) is 15.6 Å². The number of aliphatic hydroxyl groups is 3. The highest BCUT2D eigenvalue weighted by Gasteiger charge is 2.53. The SMILES string of the molecule is C=C1/C(=C\C=C2/CCC[C@]3(C)[C@@H]([C@H](C)C(CCC(C)C)S(=O)(=O)c4ccc(C)cc4)CC[C@@H]23)C[C@@H](O)CC1(O)O. The lowest BCUT2D eigenvalue weighted by molar-refractivity contribution is -0.155. The van der Waals surface area contributed by atoms with E-state index in [0.29, 0.717) is 41.1 Å². The van der Waals surface area contributed by atoms with Crippen LogP contribution in [0.15, 0.2) is 64.6 Å². The van der Waals surface area contributed by atoms with Gasteiger partial charge in [0.2, 0.25) is 0 Å². The molecule has 40 heavy (non-hydrogen) atoms. The van der Waals surface area contributed by atoms with Crippen LogP contribution in [0.4, 0.5) is 0 Å². The fourth-order valence-electron chi connectivity index (χ4n) is 8.04. The van der Waals surface area contributed by atoms with Gasteiger partial charge in [-0.25, -0.2) is 8.42 Å². The minimum Gasteiger partial charge on any atom is -0.393 e. The minimum atomic E-state index is -3.48. The molecular weight excluding hydrogens is 520 g/mol. The van der Waals surface area contributed by atoms with Gasteiger partial charge in [-0.3, -0.25) is 0 Å². The van der Waals surface area contributed by atoms with Crippen LogP contribution in [0.3, 0.4) is 0 Å². The van der Waals surface area contributed by atoms with E-state index in [1.807, 2.05) is 25.1 Å². The third-order valence-corrected chi connectivity index (χ3v) is 12.8. The van der Waals surface area contributed by atoms with Gasteiger partial charge in [0.1, 0.15) is 0 Å². The number of aliphatic hydroxyl groups excluding tert-OH is 1. The van der Waals surface area contributed by atoms with Crippen molar-refractivity contribution in [2.45, 2.75) is 114 Å². The summed E-state index contributed by atoms with van der Waals surface area (Å²) in [5, 5.41) is 30.3. The Bertz CT molecular complexity index is 1240. The Kier molecular flexibility index (Phi) is 9.26. The topological polar surface area (TPSA) is 94.8 Å². The van der Waals surface area contributed by atoms with Crippen molar-refractivity contribution >= 4 is 9.84 Å². The normalized spacial score (nSPS) is 32.4. The van der Waals surface area contributed by atoms with Crippen molar-refractivity contribution in [1.82, 2.24) is 0 Å². The van der Waals surface area contributed by atoms with Crippen molar-refractivity contribution in [2.24, 2.45) is 29.1 Å². The molecule has 0 aliphatic heterocycles. The van der Waals surface area contributed by atoms with Crippen molar-refractivity contribution in [1.29, 1.82) is 0 Å². The molecule has 0 aromatic heterocycles. The van der Waals surface area contributed by atoms with E-state index in [2.05, 4.69) is 40.3 Å². The third-order valence-electron chi connectivity index (χ3n) is 10.4. The van der Waals surface area contributed by atoms with Gasteiger partial charge < -0.3 is 15.3 Å². The van der Waals surface area contributed by atoms with Crippen molar-refractivity contribution in [3.63, 3.8) is 0 Å². The third kappa shape index (κ3) is 6.21. The highest BCUT2D eigenvalue weighted by Crippen LogP contribution is 2.60. The Labute approximate surface area is 242 Å². The van der Waals surface area contributed by atoms with Crippen LogP contribution in [-0.2, 0) is 9.84 Å². The molecular formula is C34H50O5S. The number of allylic oxidation sites excluding steroid dienone is 3. The van der Waals surface area contributed by atoms with Crippen LogP contribution in [0.25, 0.3) is 0 Å². The highest BCUT2D eigenvalue weighted by molar-refractivity contribution is 7.92. The number of benzene rings is 1. The number of fused-ring (bicyclic) bond motifs is 1. The van der Waals surface area contributed by atoms with E-state index in [9.17, 15) is 23.7 Å². The lowest BCUT2D eigenvalue weighted by atomic mass is 9.60. The molecule has 6 atom stereocenters. The number of rotatable bonds is 8. The number of hydrogen-bond acceptors (Lipinski definition) is 5. The molecule has 1 aromatic carbocycles. The smallest absolute Gasteiger partial charge is 0.191 e. The molecule has 3 N–H and O–H groups in total. The zero-order valence-corrected chi connectivity index (χ0v) is 25.9. The van der Waals surface area contributed by atoms with E-state index in [1.54, 1.807) is 12.1 Å². The number of sulfone groups is 1. The van der Waals surface area contributed by atoms with Gasteiger partial charge in [0.25, 0.3) is 0 Å². The average Bonchev–Trinajstić information content (AvgIpc) is 3.22. The fraction of sp³-hybridized carbons (Fsp3) is 0.647. The molecule has 0 radical (unpaired) electrons. The maximum atomic E-state index is 14.1. The predicted octanol–water partition coefficient (Wildman–Crippen LogP) is 6.67. The maximum absolute atomic E-state index is 14.1. The van der Waals surface area contributed by atoms with Crippen LogP contribution in [0, 0.1) is 36.0 Å². The van der Waals surface area contributed by atoms with Crippen LogP contribution in [-0.4, -0.2) is 40.9 Å². The summed E-state index contributed by atoms with van der Waals surface area (Å²) in [6.07, 6.45) is 10.2. The number of hydrogen-bond donors (Lipinski definition) is 3. The summed E-state index contributed by atoms with van der Waals surface area (Å²) in [5.41, 5.74) is 3.38. The summed E-state index contributed by atoms with van der Waals surface area (Å²) >= 11 is 0. The van der Waals surface area contributed by atoms with Gasteiger partial charge in [0, 0.05) is 12.0 Å². The summed E-state index contributed by atoms with van der Waals surface area (Å²) in [4.78, 5) is 0.438. The summed E-state index contributed by atoms with van der Waals surface area (Å²) in [5.74, 6) is -0.925. The first-order valence-corrected chi connectivity index (χ1v) is 16.7. The van der Waals surface area contributed by atoms with Crippen molar-refractivity contribution in [3.8, 4) is 0 Å². The molecule has 1 unspecified atom stereocenters. The molecule has 3 saturated carbocycles. The molecule has 222 valence electrons. The summed E-state index contributed by atoms with van der Waals surface area (Å²) in [6, 6.07) is 7.34. The van der Waals surface area contributed by atoms with Crippen LogP contribution in [0.2, 0.25) is 0 Å². The molecule has 3 fully saturated rings. The van der Waals surface area contributed by atoms with Crippen molar-refractivity contribution in [2.75, 3.05) is 0 Å². The second-order valence-electron chi connectivity index (χ2n) is 13.6. The first kappa shape index (κ1) is 31.2. The Morgan fingerprint density at radius 1 is 1.07 bits per heavy atom. The lowest BCUT2D eigenvalue weighted by Crippen LogP contribution is -2.41. The summed E-state index contributed by atoms with van der Waals surface area (Å²) in [7, 11) is -3.48. The molecule has 0 heterocycles. The monoisotopic (exact) mass is 570 g/mol. The Morgan fingerprint density at radius 2 is 1.75 bits per heavy atom. The van der Waals surface area contributed by atoms with E-state index in [0.717, 1.165) is 44.1 Å². The number of aryl methyl sites for hydroxylation is 1. The second kappa shape index (κ2) is 11.9. The molecule has 0 saturated heterocycles. The van der Waals surface area contributed by atoms with Gasteiger partial charge >= 0.3 is 0 Å². The molecule has 6 heteroatoms. The fourth-order valence-corrected chi connectivity index (χ4v) is 10.1. The van der Waals surface area contributed by atoms with E-state index in [1.165, 1.54) is 5.57 Å². The average molecular weight is 571 g/mol. The Balaban J connectivity index is 1.62. The van der Waals surface area contributed by atoms with Crippen molar-refractivity contribution in [3.05, 3.63) is 65.3 Å². The molecule has 0 amide bonds. The highest BCUT2D eigenvalue weighted by atomic mass is 32.2. The Morgan fingerprint density at radius 3 is 2.40 bits per heavy atom. The lowest BCUT2D eigenvalue weighted by Gasteiger charge is -2.45. The van der Waals surface area contributed by atoms with E-state index >= 15 is 0 Å². The van der Waals surface area contributed by atoms with Gasteiger partial charge in [-0.1, -0.05) is 69.7 Å². The summed E-state index contributed by atoms with van der Waals surface area (Å²) in [6.45, 7) is 14.8. The first-order valence-electron chi connectivity index (χ1n) is 15.2. The van der Waals surface area contributed by atoms with E-state index in [-0.39, 0.29) is 23.3 Å². The van der Waals surface area contributed by atoms with E-state index < -0.39 is 27.0 Å². The largest absolute Gasteiger partial charge is 0.393 e. The standard InChI is InChI=1S/C34H50O5S/c1-22(2)9-18-32(40(38,39)29-14-10-23(3)11-15-29)24(4)30-16-17-31-26(8-7-19-33(30,31)6)12-13-27-20-28(35)21-34(36,37)25(27)5/h10-15,22,24,28,30-32,35-37H,5,7-9,16-21H2,1-4,6H3/b26-12+,27-13-/t24-,28+,30+,31-,32?,33+/m0/s1. The molecule has 0 spiro atoms. The first-order chi connectivity index (χ1) is 18.7. The van der Waals surface area contributed by atoms with Crippen LogP contribution < -0.4 is 0 Å². The second-order valence-corrected chi connectivity index (χ2v) is 15.8. The molecule has 3 aliphatic carbocycles. The van der Waals surface area contributed by atoms with Crippen molar-refractivity contribution < 1.29 is 23.7 Å². The minimum absolute atomic E-state index is 0.0156. The summed E-state index contributed by atoms with van der Waals surface area (Å²) < 4.78 is 28.2. The van der Waals surface area contributed by atoms with Crippen LogP contribution >= 0.6 is 0 Å². The van der Waals surface area contributed by atoms with Gasteiger partial charge in [0.05, 0.1) is 16.2 Å². The maximum Gasteiger partial charge on any atom is 0.191 e. The van der Waals surface area contributed by atoms with E-state index in [4.69, 9.17) is 0 Å². The predicted molar refractivity (Wildman–Crippen MR) is 161 cm³/mol. The quantitative estimate of drug-likeness (QED) is 0.304. The zero-order chi connectivity index (χ0) is 29.5. The van der Waals surface area contributed by atoms with Gasteiger partial charge in [-0.15, -0.1) is 0 Å². The molecule has 3 aliphatic rings. The van der Waals surface area contributed by atoms with Crippen LogP contribution in [0.5, 0.6) is 0 Å². The Hall–Kier alpha value is -1.73. The van der Waals surface area contributed by atoms with Gasteiger partial charge in [-0.05, 0) is 105 Å². The molecule has 5 nitrogen and oxygen atoms in total. The van der Waals surface area contributed by atoms with Crippen LogP contribution in [0.1, 0.15) is 91.0 Å². The zero-order valence-electron chi connectivity index (χ0n) is 25.1. The molecule has 4 rings (SSSR count). The molecule has 1 aromatic rings. The van der Waals surface area contributed by atoms with Gasteiger partial charge in [-0.2, -0.15) is 0 Å².